The normalized spacial score (nSPS) is 14.3. The number of rotatable bonds is 3. The first-order chi connectivity index (χ1) is 14.6. The minimum absolute atomic E-state index is 0.0728. The fourth-order valence-electron chi connectivity index (χ4n) is 3.61. The Hall–Kier alpha value is -3.70. The van der Waals surface area contributed by atoms with Crippen LogP contribution in [-0.2, 0) is 0 Å². The number of hydrogen-bond donors (Lipinski definition) is 1. The van der Waals surface area contributed by atoms with Crippen LogP contribution in [-0.4, -0.2) is 47.0 Å². The number of carbonyl (C=O) groups excluding carboxylic acids is 1. The quantitative estimate of drug-likeness (QED) is 0.538. The second kappa shape index (κ2) is 7.28. The fourth-order valence-corrected chi connectivity index (χ4v) is 3.79. The molecule has 1 fully saturated rings. The molecule has 30 heavy (non-hydrogen) atoms. The van der Waals surface area contributed by atoms with Crippen LogP contribution in [0.3, 0.4) is 0 Å². The molecule has 0 atom stereocenters. The van der Waals surface area contributed by atoms with Gasteiger partial charge in [-0.05, 0) is 36.4 Å². The van der Waals surface area contributed by atoms with Gasteiger partial charge in [0, 0.05) is 42.1 Å². The Morgan fingerprint density at radius 3 is 2.77 bits per heavy atom. The first-order valence-corrected chi connectivity index (χ1v) is 9.77. The maximum atomic E-state index is 12.9. The number of anilines is 1. The van der Waals surface area contributed by atoms with Crippen LogP contribution in [0.1, 0.15) is 16.2 Å². The van der Waals surface area contributed by atoms with Crippen molar-refractivity contribution in [2.24, 2.45) is 0 Å². The average Bonchev–Trinajstić information content (AvgIpc) is 3.51. The number of furan rings is 1. The highest BCUT2D eigenvalue weighted by Crippen LogP contribution is 2.29. The molecule has 0 spiro atoms. The topological polar surface area (TPSA) is 102 Å². The highest BCUT2D eigenvalue weighted by atomic mass is 35.5. The van der Waals surface area contributed by atoms with Crippen LogP contribution in [0.4, 0.5) is 5.88 Å². The predicted molar refractivity (Wildman–Crippen MR) is 110 cm³/mol. The summed E-state index contributed by atoms with van der Waals surface area (Å²) in [5, 5.41) is 11.0. The lowest BCUT2D eigenvalue weighted by Crippen LogP contribution is -2.49. The van der Waals surface area contributed by atoms with Crippen LogP contribution in [0.25, 0.3) is 22.6 Å². The molecule has 1 N–H and O–H groups in total. The number of piperazine rings is 1. The van der Waals surface area contributed by atoms with Gasteiger partial charge in [-0.1, -0.05) is 11.6 Å². The Balaban J connectivity index is 1.31. The van der Waals surface area contributed by atoms with Gasteiger partial charge in [0.2, 0.25) is 11.6 Å². The molecule has 1 saturated heterocycles. The van der Waals surface area contributed by atoms with Gasteiger partial charge in [0.1, 0.15) is 11.8 Å². The van der Waals surface area contributed by atoms with Gasteiger partial charge in [-0.25, -0.2) is 0 Å². The number of oxazole rings is 1. The van der Waals surface area contributed by atoms with Crippen molar-refractivity contribution in [2.45, 2.75) is 0 Å². The standard InChI is InChI=1S/C21H16ClN5O3/c22-14-3-4-15-13(10-14)11-16(24-15)20(28)26-5-7-27(8-6-26)21-17(12-23)25-19(30-21)18-2-1-9-29-18/h1-4,9-11,24H,5-8H2. The number of nitriles is 1. The molecule has 4 heterocycles. The van der Waals surface area contributed by atoms with Crippen molar-refractivity contribution >= 4 is 34.3 Å². The van der Waals surface area contributed by atoms with Crippen molar-refractivity contribution in [3.8, 4) is 17.7 Å². The number of aromatic nitrogens is 2. The monoisotopic (exact) mass is 421 g/mol. The van der Waals surface area contributed by atoms with Crippen molar-refractivity contribution in [3.05, 3.63) is 59.1 Å². The summed E-state index contributed by atoms with van der Waals surface area (Å²) < 4.78 is 11.1. The van der Waals surface area contributed by atoms with Crippen molar-refractivity contribution in [1.82, 2.24) is 14.9 Å². The number of aromatic amines is 1. The number of carbonyl (C=O) groups is 1. The molecule has 9 heteroatoms. The van der Waals surface area contributed by atoms with E-state index in [-0.39, 0.29) is 17.5 Å². The zero-order valence-electron chi connectivity index (χ0n) is 15.8. The van der Waals surface area contributed by atoms with Gasteiger partial charge in [-0.15, -0.1) is 0 Å². The average molecular weight is 422 g/mol. The zero-order chi connectivity index (χ0) is 20.7. The minimum atomic E-state index is -0.0728. The Bertz CT molecular complexity index is 1260. The van der Waals surface area contributed by atoms with E-state index in [4.69, 9.17) is 20.4 Å². The lowest BCUT2D eigenvalue weighted by molar-refractivity contribution is 0.0740. The molecule has 1 amide bonds. The van der Waals surface area contributed by atoms with E-state index >= 15 is 0 Å². The molecule has 0 saturated carbocycles. The lowest BCUT2D eigenvalue weighted by Gasteiger charge is -2.34. The van der Waals surface area contributed by atoms with Crippen molar-refractivity contribution < 1.29 is 13.6 Å². The van der Waals surface area contributed by atoms with Gasteiger partial charge in [0.25, 0.3) is 11.8 Å². The maximum Gasteiger partial charge on any atom is 0.270 e. The van der Waals surface area contributed by atoms with Gasteiger partial charge in [0.05, 0.1) is 6.26 Å². The van der Waals surface area contributed by atoms with E-state index in [0.29, 0.717) is 48.5 Å². The van der Waals surface area contributed by atoms with Crippen LogP contribution < -0.4 is 4.90 Å². The number of nitrogens with zero attached hydrogens (tertiary/aromatic N) is 4. The molecule has 0 radical (unpaired) electrons. The van der Waals surface area contributed by atoms with E-state index in [1.54, 1.807) is 23.1 Å². The van der Waals surface area contributed by atoms with Crippen LogP contribution >= 0.6 is 11.6 Å². The van der Waals surface area contributed by atoms with Crippen LogP contribution in [0.5, 0.6) is 0 Å². The van der Waals surface area contributed by atoms with Gasteiger partial charge >= 0.3 is 0 Å². The van der Waals surface area contributed by atoms with Gasteiger partial charge < -0.3 is 23.6 Å². The largest absolute Gasteiger partial charge is 0.459 e. The Morgan fingerprint density at radius 1 is 1.20 bits per heavy atom. The zero-order valence-corrected chi connectivity index (χ0v) is 16.5. The molecule has 1 aliphatic heterocycles. The second-order valence-corrected chi connectivity index (χ2v) is 7.39. The Labute approximate surface area is 176 Å². The number of halogens is 1. The molecule has 4 aromatic rings. The minimum Gasteiger partial charge on any atom is -0.459 e. The molecule has 8 nitrogen and oxygen atoms in total. The van der Waals surface area contributed by atoms with E-state index in [1.807, 2.05) is 23.1 Å². The Morgan fingerprint density at radius 2 is 2.03 bits per heavy atom. The third kappa shape index (κ3) is 3.19. The molecule has 0 unspecified atom stereocenters. The summed E-state index contributed by atoms with van der Waals surface area (Å²) in [5.41, 5.74) is 1.60. The van der Waals surface area contributed by atoms with E-state index < -0.39 is 0 Å². The molecule has 0 aliphatic carbocycles. The van der Waals surface area contributed by atoms with E-state index in [2.05, 4.69) is 16.0 Å². The molecular weight excluding hydrogens is 406 g/mol. The van der Waals surface area contributed by atoms with Crippen LogP contribution in [0.15, 0.2) is 51.5 Å². The van der Waals surface area contributed by atoms with E-state index in [0.717, 1.165) is 10.9 Å². The molecule has 150 valence electrons. The number of nitrogens with one attached hydrogen (secondary N) is 1. The van der Waals surface area contributed by atoms with Gasteiger partial charge in [0.15, 0.2) is 5.76 Å². The predicted octanol–water partition coefficient (Wildman–Crippen LogP) is 3.90. The van der Waals surface area contributed by atoms with Crippen LogP contribution in [0, 0.1) is 11.3 Å². The summed E-state index contributed by atoms with van der Waals surface area (Å²) in [6.07, 6.45) is 1.52. The maximum absolute atomic E-state index is 12.9. The summed E-state index contributed by atoms with van der Waals surface area (Å²) in [4.78, 5) is 24.0. The molecule has 1 aliphatic rings. The molecule has 5 rings (SSSR count). The summed E-state index contributed by atoms with van der Waals surface area (Å²) in [7, 11) is 0. The highest BCUT2D eigenvalue weighted by Gasteiger charge is 2.28. The third-order valence-electron chi connectivity index (χ3n) is 5.11. The molecular formula is C21H16ClN5O3. The van der Waals surface area contributed by atoms with Crippen molar-refractivity contribution in [2.75, 3.05) is 31.1 Å². The second-order valence-electron chi connectivity index (χ2n) is 6.96. The number of amides is 1. The number of fused-ring (bicyclic) bond motifs is 1. The third-order valence-corrected chi connectivity index (χ3v) is 5.35. The summed E-state index contributed by atoms with van der Waals surface area (Å²) >= 11 is 6.03. The smallest absolute Gasteiger partial charge is 0.270 e. The number of H-pyrrole nitrogens is 1. The molecule has 0 bridgehead atoms. The first-order valence-electron chi connectivity index (χ1n) is 9.39. The van der Waals surface area contributed by atoms with E-state index in [1.165, 1.54) is 6.26 Å². The fraction of sp³-hybridized carbons (Fsp3) is 0.190. The van der Waals surface area contributed by atoms with Gasteiger partial charge in [-0.2, -0.15) is 10.2 Å². The molecule has 1 aromatic carbocycles. The van der Waals surface area contributed by atoms with Crippen molar-refractivity contribution in [3.63, 3.8) is 0 Å². The number of benzene rings is 1. The van der Waals surface area contributed by atoms with E-state index in [9.17, 15) is 10.1 Å². The van der Waals surface area contributed by atoms with Gasteiger partial charge in [-0.3, -0.25) is 4.79 Å². The number of hydrogen-bond acceptors (Lipinski definition) is 6. The molecule has 3 aromatic heterocycles. The summed E-state index contributed by atoms with van der Waals surface area (Å²) in [6, 6.07) is 12.8. The first kappa shape index (κ1) is 18.3. The summed E-state index contributed by atoms with van der Waals surface area (Å²) in [6.45, 7) is 2.05. The lowest BCUT2D eigenvalue weighted by atomic mass is 10.2. The van der Waals surface area contributed by atoms with Crippen molar-refractivity contribution in [1.29, 1.82) is 5.26 Å². The summed E-state index contributed by atoms with van der Waals surface area (Å²) in [5.74, 6) is 1.06. The SMILES string of the molecule is N#Cc1nc(-c2ccco2)oc1N1CCN(C(=O)c2cc3cc(Cl)ccc3[nH]2)CC1. The Kier molecular flexibility index (Phi) is 4.45. The van der Waals surface area contributed by atoms with Crippen LogP contribution in [0.2, 0.25) is 5.02 Å². The highest BCUT2D eigenvalue weighted by molar-refractivity contribution is 6.31.